The van der Waals surface area contributed by atoms with Crippen molar-refractivity contribution in [2.45, 2.75) is 50.5 Å². The molecule has 1 atom stereocenters. The van der Waals surface area contributed by atoms with Crippen molar-refractivity contribution in [2.75, 3.05) is 24.5 Å². The summed E-state index contributed by atoms with van der Waals surface area (Å²) in [7, 11) is 0. The van der Waals surface area contributed by atoms with E-state index in [1.807, 2.05) is 18.2 Å². The second-order valence-electron chi connectivity index (χ2n) is 11.1. The average Bonchev–Trinajstić information content (AvgIpc) is 3.80. The third kappa shape index (κ3) is 4.07. The van der Waals surface area contributed by atoms with E-state index in [0.717, 1.165) is 84.6 Å². The predicted octanol–water partition coefficient (Wildman–Crippen LogP) is 5.53. The third-order valence-electron chi connectivity index (χ3n) is 8.46. The molecule has 6 nitrogen and oxygen atoms in total. The average molecular weight is 490 g/mol. The summed E-state index contributed by atoms with van der Waals surface area (Å²) in [6.07, 6.45) is 8.50. The molecule has 1 aromatic carbocycles. The van der Waals surface area contributed by atoms with Crippen molar-refractivity contribution in [2.24, 2.45) is 11.8 Å². The number of benzene rings is 1. The summed E-state index contributed by atoms with van der Waals surface area (Å²) in [4.78, 5) is 27.4. The minimum Gasteiger partial charge on any atom is -0.352 e. The van der Waals surface area contributed by atoms with Gasteiger partial charge in [-0.15, -0.1) is 0 Å². The monoisotopic (exact) mass is 489 g/mol. The van der Waals surface area contributed by atoms with Crippen LogP contribution >= 0.6 is 0 Å². The Labute approximate surface area is 217 Å². The van der Waals surface area contributed by atoms with E-state index in [1.165, 1.54) is 12.8 Å². The number of pyridine rings is 2. The first-order valence-corrected chi connectivity index (χ1v) is 13.7. The fraction of sp³-hybridized carbons (Fsp3) is 0.419. The molecule has 0 bridgehead atoms. The summed E-state index contributed by atoms with van der Waals surface area (Å²) in [5.74, 6) is 2.41. The predicted molar refractivity (Wildman–Crippen MR) is 145 cm³/mol. The maximum absolute atomic E-state index is 13.0. The number of hydrogen-bond donors (Lipinski definition) is 0. The highest BCUT2D eigenvalue weighted by molar-refractivity contribution is 5.96. The van der Waals surface area contributed by atoms with Crippen LogP contribution in [0.2, 0.25) is 0 Å². The van der Waals surface area contributed by atoms with Gasteiger partial charge in [0.15, 0.2) is 0 Å². The van der Waals surface area contributed by atoms with Gasteiger partial charge < -0.3 is 9.80 Å². The number of carbonyl (C=O) groups excluding carboxylic acids is 1. The van der Waals surface area contributed by atoms with Crippen LogP contribution in [-0.4, -0.2) is 46.5 Å². The fourth-order valence-corrected chi connectivity index (χ4v) is 5.97. The van der Waals surface area contributed by atoms with E-state index in [1.54, 1.807) is 6.08 Å². The van der Waals surface area contributed by atoms with Crippen molar-refractivity contribution in [3.63, 3.8) is 0 Å². The van der Waals surface area contributed by atoms with Gasteiger partial charge in [-0.2, -0.15) is 5.26 Å². The molecule has 7 rings (SSSR count). The molecular weight excluding hydrogens is 458 g/mol. The zero-order chi connectivity index (χ0) is 25.1. The molecule has 37 heavy (non-hydrogen) atoms. The number of carbonyl (C=O) groups is 1. The smallest absolute Gasteiger partial charge is 0.226 e. The highest BCUT2D eigenvalue weighted by Gasteiger charge is 2.45. The maximum Gasteiger partial charge on any atom is 0.226 e. The van der Waals surface area contributed by atoms with Crippen LogP contribution < -0.4 is 4.90 Å². The molecule has 3 saturated carbocycles. The number of nitriles is 1. The number of piperazine rings is 1. The third-order valence-corrected chi connectivity index (χ3v) is 8.46. The van der Waals surface area contributed by atoms with Gasteiger partial charge in [-0.3, -0.25) is 4.79 Å². The topological polar surface area (TPSA) is 73.1 Å². The minimum absolute atomic E-state index is 0.238. The van der Waals surface area contributed by atoms with Crippen LogP contribution in [0.3, 0.4) is 0 Å². The number of rotatable bonds is 6. The van der Waals surface area contributed by atoms with E-state index in [-0.39, 0.29) is 12.0 Å². The molecule has 2 aromatic heterocycles. The Morgan fingerprint density at radius 1 is 1.03 bits per heavy atom. The Hall–Kier alpha value is -3.72. The SMILES string of the molecule is C=Cc1ccc2c(-c3cc(C#N)c(N4CCN(C(=O)C5CC5)C(C5CC5)C4)nc3C3CC3)cccc2n1. The van der Waals surface area contributed by atoms with Gasteiger partial charge in [-0.05, 0) is 74.3 Å². The van der Waals surface area contributed by atoms with Gasteiger partial charge in [0, 0.05) is 42.4 Å². The zero-order valence-corrected chi connectivity index (χ0v) is 21.1. The van der Waals surface area contributed by atoms with E-state index in [2.05, 4.69) is 40.6 Å². The molecule has 3 aliphatic carbocycles. The van der Waals surface area contributed by atoms with Crippen LogP contribution in [-0.2, 0) is 4.79 Å². The number of fused-ring (bicyclic) bond motifs is 1. The summed E-state index contributed by atoms with van der Waals surface area (Å²) < 4.78 is 0. The molecule has 4 fully saturated rings. The Morgan fingerprint density at radius 3 is 2.57 bits per heavy atom. The van der Waals surface area contributed by atoms with Crippen molar-refractivity contribution in [1.82, 2.24) is 14.9 Å². The molecule has 0 spiro atoms. The lowest BCUT2D eigenvalue weighted by atomic mass is 9.95. The quantitative estimate of drug-likeness (QED) is 0.455. The van der Waals surface area contributed by atoms with E-state index in [4.69, 9.17) is 9.97 Å². The van der Waals surface area contributed by atoms with Gasteiger partial charge in [-0.1, -0.05) is 24.8 Å². The Bertz CT molecular complexity index is 1460. The van der Waals surface area contributed by atoms with Crippen molar-refractivity contribution in [3.8, 4) is 17.2 Å². The van der Waals surface area contributed by atoms with E-state index >= 15 is 0 Å². The maximum atomic E-state index is 13.0. The van der Waals surface area contributed by atoms with Gasteiger partial charge in [0.25, 0.3) is 0 Å². The molecular formula is C31H31N5O. The first kappa shape index (κ1) is 22.5. The van der Waals surface area contributed by atoms with Gasteiger partial charge >= 0.3 is 0 Å². The number of nitrogens with zero attached hydrogens (tertiary/aromatic N) is 5. The number of anilines is 1. The molecule has 6 heteroatoms. The lowest BCUT2D eigenvalue weighted by Crippen LogP contribution is -2.57. The number of aromatic nitrogens is 2. The van der Waals surface area contributed by atoms with Crippen LogP contribution in [0.4, 0.5) is 5.82 Å². The Balaban J connectivity index is 1.28. The molecule has 1 aliphatic heterocycles. The van der Waals surface area contributed by atoms with Crippen LogP contribution in [0.25, 0.3) is 28.1 Å². The molecule has 3 aromatic rings. The van der Waals surface area contributed by atoms with Gasteiger partial charge in [-0.25, -0.2) is 9.97 Å². The molecule has 186 valence electrons. The van der Waals surface area contributed by atoms with Crippen LogP contribution in [0.5, 0.6) is 0 Å². The Kier molecular flexibility index (Phi) is 5.28. The lowest BCUT2D eigenvalue weighted by Gasteiger charge is -2.43. The molecule has 0 radical (unpaired) electrons. The summed E-state index contributed by atoms with van der Waals surface area (Å²) in [5, 5.41) is 11.3. The van der Waals surface area contributed by atoms with E-state index in [9.17, 15) is 10.1 Å². The van der Waals surface area contributed by atoms with E-state index in [0.29, 0.717) is 23.3 Å². The van der Waals surface area contributed by atoms with Gasteiger partial charge in [0.1, 0.15) is 11.9 Å². The molecule has 0 N–H and O–H groups in total. The Morgan fingerprint density at radius 2 is 1.86 bits per heavy atom. The van der Waals surface area contributed by atoms with Crippen LogP contribution in [0, 0.1) is 23.2 Å². The minimum atomic E-state index is 0.238. The number of amides is 1. The first-order valence-electron chi connectivity index (χ1n) is 13.7. The normalized spacial score (nSPS) is 21.6. The van der Waals surface area contributed by atoms with Crippen molar-refractivity contribution in [3.05, 3.63) is 59.9 Å². The molecule has 1 amide bonds. The molecule has 4 aliphatic rings. The highest BCUT2D eigenvalue weighted by Crippen LogP contribution is 2.47. The first-order chi connectivity index (χ1) is 18.1. The summed E-state index contributed by atoms with van der Waals surface area (Å²) in [5.41, 5.74) is 5.60. The molecule has 1 unspecified atom stereocenters. The second-order valence-corrected chi connectivity index (χ2v) is 11.1. The summed E-state index contributed by atoms with van der Waals surface area (Å²) in [6.45, 7) is 6.08. The van der Waals surface area contributed by atoms with E-state index < -0.39 is 0 Å². The highest BCUT2D eigenvalue weighted by atomic mass is 16.2. The van der Waals surface area contributed by atoms with Crippen molar-refractivity contribution < 1.29 is 4.79 Å². The standard InChI is InChI=1S/C31H31N5O/c1-2-23-12-13-25-24(4-3-5-27(25)33-23)26-16-22(17-32)30(34-29(26)20-8-9-20)35-14-15-36(31(37)21-10-11-21)28(18-35)19-6-7-19/h2-5,12-13,16,19-21,28H,1,6-11,14-15,18H2. The molecule has 3 heterocycles. The van der Waals surface area contributed by atoms with Crippen molar-refractivity contribution >= 4 is 28.7 Å². The zero-order valence-electron chi connectivity index (χ0n) is 21.1. The van der Waals surface area contributed by atoms with Gasteiger partial charge in [0.05, 0.1) is 28.5 Å². The molecule has 1 saturated heterocycles. The van der Waals surface area contributed by atoms with Crippen molar-refractivity contribution in [1.29, 1.82) is 5.26 Å². The van der Waals surface area contributed by atoms with Crippen LogP contribution in [0.15, 0.2) is 43.0 Å². The largest absolute Gasteiger partial charge is 0.352 e. The fourth-order valence-electron chi connectivity index (χ4n) is 5.97. The number of hydrogen-bond acceptors (Lipinski definition) is 5. The van der Waals surface area contributed by atoms with Gasteiger partial charge in [0.2, 0.25) is 5.91 Å². The summed E-state index contributed by atoms with van der Waals surface area (Å²) >= 11 is 0. The lowest BCUT2D eigenvalue weighted by molar-refractivity contribution is -0.135. The second kappa shape index (κ2) is 8.69. The van der Waals surface area contributed by atoms with Crippen LogP contribution in [0.1, 0.15) is 61.4 Å². The summed E-state index contributed by atoms with van der Waals surface area (Å²) in [6, 6.07) is 15.0.